The van der Waals surface area contributed by atoms with Gasteiger partial charge < -0.3 is 10.1 Å². The molecule has 8 heteroatoms. The van der Waals surface area contributed by atoms with E-state index in [4.69, 9.17) is 16.3 Å². The minimum Gasteiger partial charge on any atom is -0.462 e. The average Bonchev–Trinajstić information content (AvgIpc) is 3.12. The van der Waals surface area contributed by atoms with Gasteiger partial charge in [-0.25, -0.2) is 9.69 Å². The normalized spacial score (nSPS) is 13.4. The number of halogens is 1. The largest absolute Gasteiger partial charge is 0.462 e. The molecule has 0 aromatic heterocycles. The Morgan fingerprint density at radius 1 is 0.944 bits per heavy atom. The summed E-state index contributed by atoms with van der Waals surface area (Å²) in [6.45, 7) is 4.19. The number of rotatable bonds is 9. The molecule has 36 heavy (non-hydrogen) atoms. The number of nitrogens with one attached hydrogen (secondary N) is 1. The smallest absolute Gasteiger partial charge is 0.340 e. The first-order chi connectivity index (χ1) is 17.4. The molecule has 0 aliphatic carbocycles. The van der Waals surface area contributed by atoms with E-state index in [2.05, 4.69) is 12.2 Å². The molecule has 1 N–H and O–H groups in total. The topological polar surface area (TPSA) is 75.7 Å². The minimum absolute atomic E-state index is 0.140. The SMILES string of the molecule is CCCOC(=O)c1ccccc1N1C(=O)C(Nc2ccc(CC)cc2)=C(Sc2ccc(Cl)cc2)C1=O. The van der Waals surface area contributed by atoms with Crippen LogP contribution in [0.25, 0.3) is 0 Å². The van der Waals surface area contributed by atoms with Crippen LogP contribution in [0.4, 0.5) is 11.4 Å². The molecule has 0 fully saturated rings. The molecule has 3 aromatic carbocycles. The van der Waals surface area contributed by atoms with E-state index < -0.39 is 17.8 Å². The Morgan fingerprint density at radius 2 is 1.64 bits per heavy atom. The molecule has 1 aliphatic heterocycles. The number of hydrogen-bond acceptors (Lipinski definition) is 6. The molecular formula is C28H25ClN2O4S. The number of benzene rings is 3. The van der Waals surface area contributed by atoms with Crippen molar-refractivity contribution in [2.45, 2.75) is 31.6 Å². The Labute approximate surface area is 219 Å². The van der Waals surface area contributed by atoms with Crippen molar-refractivity contribution in [1.29, 1.82) is 0 Å². The lowest BCUT2D eigenvalue weighted by atomic mass is 10.1. The third-order valence-electron chi connectivity index (χ3n) is 5.51. The molecule has 0 bridgehead atoms. The first-order valence-corrected chi connectivity index (χ1v) is 12.8. The first kappa shape index (κ1) is 25.5. The molecule has 184 valence electrons. The first-order valence-electron chi connectivity index (χ1n) is 11.6. The molecule has 0 unspecified atom stereocenters. The fourth-order valence-corrected chi connectivity index (χ4v) is 4.69. The van der Waals surface area contributed by atoms with Crippen molar-refractivity contribution in [2.75, 3.05) is 16.8 Å². The summed E-state index contributed by atoms with van der Waals surface area (Å²) in [4.78, 5) is 42.1. The van der Waals surface area contributed by atoms with Crippen LogP contribution in [0.5, 0.6) is 0 Å². The van der Waals surface area contributed by atoms with Crippen LogP contribution in [-0.2, 0) is 20.7 Å². The van der Waals surface area contributed by atoms with Gasteiger partial charge in [0.1, 0.15) is 10.6 Å². The lowest BCUT2D eigenvalue weighted by Gasteiger charge is -2.18. The highest BCUT2D eigenvalue weighted by atomic mass is 35.5. The van der Waals surface area contributed by atoms with Crippen LogP contribution in [0.2, 0.25) is 5.02 Å². The molecule has 0 radical (unpaired) electrons. The van der Waals surface area contributed by atoms with Gasteiger partial charge in [0, 0.05) is 15.6 Å². The number of amides is 2. The summed E-state index contributed by atoms with van der Waals surface area (Å²) in [5, 5.41) is 3.71. The third kappa shape index (κ3) is 5.48. The summed E-state index contributed by atoms with van der Waals surface area (Å²) in [5.41, 5.74) is 2.30. The monoisotopic (exact) mass is 520 g/mol. The molecule has 3 aromatic rings. The van der Waals surface area contributed by atoms with Gasteiger partial charge in [-0.05, 0) is 66.9 Å². The van der Waals surface area contributed by atoms with Gasteiger partial charge in [0.05, 0.1) is 17.9 Å². The molecular weight excluding hydrogens is 496 g/mol. The fourth-order valence-electron chi connectivity index (χ4n) is 3.64. The van der Waals surface area contributed by atoms with E-state index in [0.717, 1.165) is 33.5 Å². The Kier molecular flexibility index (Phi) is 8.13. The number of ether oxygens (including phenoxy) is 1. The van der Waals surface area contributed by atoms with E-state index in [0.29, 0.717) is 17.1 Å². The average molecular weight is 521 g/mol. The molecule has 0 spiro atoms. The van der Waals surface area contributed by atoms with Crippen LogP contribution in [0.3, 0.4) is 0 Å². The predicted octanol–water partition coefficient (Wildman–Crippen LogP) is 6.46. The highest BCUT2D eigenvalue weighted by molar-refractivity contribution is 8.04. The lowest BCUT2D eigenvalue weighted by molar-refractivity contribution is -0.120. The van der Waals surface area contributed by atoms with Gasteiger partial charge in [-0.3, -0.25) is 9.59 Å². The van der Waals surface area contributed by atoms with Crippen LogP contribution in [-0.4, -0.2) is 24.4 Å². The van der Waals surface area contributed by atoms with Crippen LogP contribution in [0, 0.1) is 0 Å². The predicted molar refractivity (Wildman–Crippen MR) is 143 cm³/mol. The van der Waals surface area contributed by atoms with Crippen molar-refractivity contribution in [2.24, 2.45) is 0 Å². The maximum absolute atomic E-state index is 13.7. The van der Waals surface area contributed by atoms with E-state index in [1.54, 1.807) is 48.5 Å². The van der Waals surface area contributed by atoms with E-state index in [1.165, 1.54) is 0 Å². The second kappa shape index (κ2) is 11.5. The van der Waals surface area contributed by atoms with Crippen molar-refractivity contribution in [3.05, 3.63) is 99.5 Å². The number of anilines is 2. The summed E-state index contributed by atoms with van der Waals surface area (Å²) in [7, 11) is 0. The number of imide groups is 1. The zero-order chi connectivity index (χ0) is 25.7. The molecule has 2 amide bonds. The van der Waals surface area contributed by atoms with Crippen LogP contribution in [0.15, 0.2) is 88.3 Å². The zero-order valence-electron chi connectivity index (χ0n) is 19.9. The zero-order valence-corrected chi connectivity index (χ0v) is 21.5. The Bertz CT molecular complexity index is 1320. The number of hydrogen-bond donors (Lipinski definition) is 1. The van der Waals surface area contributed by atoms with Gasteiger partial charge >= 0.3 is 5.97 Å². The number of aryl methyl sites for hydroxylation is 1. The second-order valence-corrected chi connectivity index (χ2v) is 9.55. The summed E-state index contributed by atoms with van der Waals surface area (Å²) in [6, 6.07) is 21.1. The molecule has 0 saturated carbocycles. The van der Waals surface area contributed by atoms with Gasteiger partial charge in [0.15, 0.2) is 0 Å². The van der Waals surface area contributed by atoms with Gasteiger partial charge in [0.25, 0.3) is 11.8 Å². The van der Waals surface area contributed by atoms with Crippen molar-refractivity contribution in [1.82, 2.24) is 0 Å². The quantitative estimate of drug-likeness (QED) is 0.258. The molecule has 0 atom stereocenters. The Morgan fingerprint density at radius 3 is 2.31 bits per heavy atom. The Balaban J connectivity index is 1.73. The molecule has 1 heterocycles. The number of esters is 1. The second-order valence-electron chi connectivity index (χ2n) is 8.03. The number of thioether (sulfide) groups is 1. The third-order valence-corrected chi connectivity index (χ3v) is 6.85. The van der Waals surface area contributed by atoms with Crippen LogP contribution < -0.4 is 10.2 Å². The highest BCUT2D eigenvalue weighted by Gasteiger charge is 2.41. The fraction of sp³-hybridized carbons (Fsp3) is 0.179. The van der Waals surface area contributed by atoms with Crippen LogP contribution >= 0.6 is 23.4 Å². The molecule has 4 rings (SSSR count). The maximum atomic E-state index is 13.7. The number of carbonyl (C=O) groups excluding carboxylic acids is 3. The number of carbonyl (C=O) groups is 3. The summed E-state index contributed by atoms with van der Waals surface area (Å²) in [5.74, 6) is -1.66. The van der Waals surface area contributed by atoms with Crippen molar-refractivity contribution >= 4 is 52.5 Å². The van der Waals surface area contributed by atoms with Crippen molar-refractivity contribution in [3.8, 4) is 0 Å². The highest BCUT2D eigenvalue weighted by Crippen LogP contribution is 2.39. The molecule has 1 aliphatic rings. The van der Waals surface area contributed by atoms with E-state index in [9.17, 15) is 14.4 Å². The minimum atomic E-state index is -0.587. The maximum Gasteiger partial charge on any atom is 0.340 e. The number of para-hydroxylation sites is 1. The van der Waals surface area contributed by atoms with Crippen molar-refractivity contribution < 1.29 is 19.1 Å². The van der Waals surface area contributed by atoms with E-state index in [1.807, 2.05) is 31.2 Å². The van der Waals surface area contributed by atoms with Gasteiger partial charge in [-0.15, -0.1) is 0 Å². The van der Waals surface area contributed by atoms with Gasteiger partial charge in [-0.2, -0.15) is 0 Å². The van der Waals surface area contributed by atoms with Gasteiger partial charge in [0.2, 0.25) is 0 Å². The summed E-state index contributed by atoms with van der Waals surface area (Å²) >= 11 is 7.18. The summed E-state index contributed by atoms with van der Waals surface area (Å²) in [6.07, 6.45) is 1.54. The van der Waals surface area contributed by atoms with Crippen molar-refractivity contribution in [3.63, 3.8) is 0 Å². The van der Waals surface area contributed by atoms with Gasteiger partial charge in [-0.1, -0.05) is 61.5 Å². The molecule has 6 nitrogen and oxygen atoms in total. The number of nitrogens with zero attached hydrogens (tertiary/aromatic N) is 1. The molecule has 0 saturated heterocycles. The van der Waals surface area contributed by atoms with Crippen LogP contribution in [0.1, 0.15) is 36.2 Å². The van der Waals surface area contributed by atoms with E-state index >= 15 is 0 Å². The van der Waals surface area contributed by atoms with E-state index in [-0.39, 0.29) is 28.5 Å². The lowest BCUT2D eigenvalue weighted by Crippen LogP contribution is -2.33. The summed E-state index contributed by atoms with van der Waals surface area (Å²) < 4.78 is 5.29. The Hall–Kier alpha value is -3.55. The standard InChI is InChI=1S/C28H25ClN2O4S/c1-3-17-35-28(34)22-7-5-6-8-23(22)31-26(32)24(30-20-13-9-18(4-2)10-14-20)25(27(31)33)36-21-15-11-19(29)12-16-21/h5-16,30H,3-4,17H2,1-2H3.